The minimum absolute atomic E-state index is 0.0465. The first-order valence-electron chi connectivity index (χ1n) is 9.73. The van der Waals surface area contributed by atoms with Crippen LogP contribution in [0.15, 0.2) is 70.7 Å². The molecule has 1 heterocycles. The topological polar surface area (TPSA) is 87.5 Å². The van der Waals surface area contributed by atoms with E-state index in [9.17, 15) is 8.42 Å². The Balaban J connectivity index is 1.69. The summed E-state index contributed by atoms with van der Waals surface area (Å²) in [5, 5.41) is 0. The predicted molar refractivity (Wildman–Crippen MR) is 121 cm³/mol. The number of sulfonamides is 1. The standard InChI is InChI=1S/C22H25N5O2S/c1-4-27(5-2)20-10-6-18(7-11-20)16-24-19-8-12-21(13-9-19)30(28,29)26-22-23-15-14-17(3)25-22/h6-16H,4-5H2,1-3H3,(H,23,25,26). The normalized spacial score (nSPS) is 11.6. The SMILES string of the molecule is CCN(CC)c1ccc(C=Nc2ccc(S(=O)(=O)Nc3nccc(C)n3)cc2)cc1. The van der Waals surface area contributed by atoms with Gasteiger partial charge in [0.05, 0.1) is 10.6 Å². The van der Waals surface area contributed by atoms with Crippen molar-refractivity contribution in [3.63, 3.8) is 0 Å². The van der Waals surface area contributed by atoms with Crippen LogP contribution < -0.4 is 9.62 Å². The number of anilines is 2. The van der Waals surface area contributed by atoms with Gasteiger partial charge in [0, 0.05) is 36.9 Å². The lowest BCUT2D eigenvalue weighted by molar-refractivity contribution is 0.601. The molecule has 3 rings (SSSR count). The molecule has 8 heteroatoms. The summed E-state index contributed by atoms with van der Waals surface area (Å²) < 4.78 is 27.4. The maximum Gasteiger partial charge on any atom is 0.264 e. The van der Waals surface area contributed by atoms with E-state index >= 15 is 0 Å². The molecule has 7 nitrogen and oxygen atoms in total. The third kappa shape index (κ3) is 5.42. The van der Waals surface area contributed by atoms with E-state index in [0.29, 0.717) is 11.4 Å². The fraction of sp³-hybridized carbons (Fsp3) is 0.227. The second-order valence-corrected chi connectivity index (χ2v) is 8.33. The highest BCUT2D eigenvalue weighted by molar-refractivity contribution is 7.92. The number of aromatic nitrogens is 2. The first-order chi connectivity index (χ1) is 14.4. The molecule has 0 atom stereocenters. The highest BCUT2D eigenvalue weighted by Crippen LogP contribution is 2.19. The Labute approximate surface area is 177 Å². The molecule has 156 valence electrons. The van der Waals surface area contributed by atoms with Gasteiger partial charge >= 0.3 is 0 Å². The molecule has 0 radical (unpaired) electrons. The maximum atomic E-state index is 12.5. The van der Waals surface area contributed by atoms with Crippen molar-refractivity contribution in [3.8, 4) is 0 Å². The van der Waals surface area contributed by atoms with Gasteiger partial charge in [0.25, 0.3) is 10.0 Å². The lowest BCUT2D eigenvalue weighted by Crippen LogP contribution is -2.21. The summed E-state index contributed by atoms with van der Waals surface area (Å²) in [5.41, 5.74) is 3.49. The number of nitrogens with zero attached hydrogens (tertiary/aromatic N) is 4. The number of nitrogens with one attached hydrogen (secondary N) is 1. The molecule has 0 aliphatic heterocycles. The number of aryl methyl sites for hydroxylation is 1. The van der Waals surface area contributed by atoms with E-state index in [-0.39, 0.29) is 10.8 Å². The van der Waals surface area contributed by atoms with E-state index in [1.165, 1.54) is 24.0 Å². The van der Waals surface area contributed by atoms with Gasteiger partial charge in [-0.05, 0) is 68.8 Å². The van der Waals surface area contributed by atoms with Crippen molar-refractivity contribution in [1.82, 2.24) is 9.97 Å². The summed E-state index contributed by atoms with van der Waals surface area (Å²) in [5.74, 6) is 0.0465. The number of hydrogen-bond acceptors (Lipinski definition) is 6. The van der Waals surface area contributed by atoms with Crippen molar-refractivity contribution < 1.29 is 8.42 Å². The van der Waals surface area contributed by atoms with Gasteiger partial charge < -0.3 is 4.90 Å². The fourth-order valence-corrected chi connectivity index (χ4v) is 3.85. The molecule has 0 aliphatic rings. The lowest BCUT2D eigenvalue weighted by atomic mass is 10.2. The maximum absolute atomic E-state index is 12.5. The van der Waals surface area contributed by atoms with Crippen LogP contribution >= 0.6 is 0 Å². The number of aliphatic imine (C=N–C) groups is 1. The minimum atomic E-state index is -3.76. The van der Waals surface area contributed by atoms with Crippen LogP contribution in [0.1, 0.15) is 25.1 Å². The summed E-state index contributed by atoms with van der Waals surface area (Å²) in [6, 6.07) is 16.2. The van der Waals surface area contributed by atoms with Gasteiger partial charge in [-0.2, -0.15) is 0 Å². The van der Waals surface area contributed by atoms with Crippen LogP contribution in [0.2, 0.25) is 0 Å². The van der Waals surface area contributed by atoms with Crippen molar-refractivity contribution in [2.24, 2.45) is 4.99 Å². The zero-order valence-corrected chi connectivity index (χ0v) is 18.1. The Morgan fingerprint density at radius 3 is 2.27 bits per heavy atom. The van der Waals surface area contributed by atoms with Gasteiger partial charge in [0.15, 0.2) is 0 Å². The van der Waals surface area contributed by atoms with E-state index in [1.54, 1.807) is 31.3 Å². The first kappa shape index (κ1) is 21.4. The van der Waals surface area contributed by atoms with Crippen molar-refractivity contribution in [2.45, 2.75) is 25.7 Å². The Morgan fingerprint density at radius 2 is 1.67 bits per heavy atom. The highest BCUT2D eigenvalue weighted by atomic mass is 32.2. The van der Waals surface area contributed by atoms with Gasteiger partial charge in [0.2, 0.25) is 5.95 Å². The fourth-order valence-electron chi connectivity index (χ4n) is 2.90. The molecule has 0 unspecified atom stereocenters. The zero-order valence-electron chi connectivity index (χ0n) is 17.3. The van der Waals surface area contributed by atoms with Crippen LogP contribution in [0.3, 0.4) is 0 Å². The van der Waals surface area contributed by atoms with Gasteiger partial charge in [-0.15, -0.1) is 0 Å². The molecular formula is C22H25N5O2S. The van der Waals surface area contributed by atoms with Crippen LogP contribution in [0.25, 0.3) is 0 Å². The van der Waals surface area contributed by atoms with E-state index in [4.69, 9.17) is 0 Å². The number of hydrogen-bond donors (Lipinski definition) is 1. The van der Waals surface area contributed by atoms with Gasteiger partial charge in [-0.25, -0.2) is 23.1 Å². The largest absolute Gasteiger partial charge is 0.372 e. The molecule has 0 fully saturated rings. The summed E-state index contributed by atoms with van der Waals surface area (Å²) in [6.07, 6.45) is 3.26. The summed E-state index contributed by atoms with van der Waals surface area (Å²) in [7, 11) is -3.76. The van der Waals surface area contributed by atoms with Crippen LogP contribution in [-0.4, -0.2) is 37.7 Å². The van der Waals surface area contributed by atoms with Gasteiger partial charge in [-0.3, -0.25) is 4.99 Å². The molecule has 0 bridgehead atoms. The molecule has 0 amide bonds. The third-order valence-corrected chi connectivity index (χ3v) is 5.90. The average Bonchev–Trinajstić information content (AvgIpc) is 2.74. The minimum Gasteiger partial charge on any atom is -0.372 e. The molecule has 0 saturated carbocycles. The molecule has 0 saturated heterocycles. The van der Waals surface area contributed by atoms with E-state index in [2.05, 4.69) is 50.6 Å². The van der Waals surface area contributed by atoms with Crippen molar-refractivity contribution in [3.05, 3.63) is 72.1 Å². The molecule has 30 heavy (non-hydrogen) atoms. The summed E-state index contributed by atoms with van der Waals surface area (Å²) in [6.45, 7) is 7.95. The second-order valence-electron chi connectivity index (χ2n) is 6.64. The third-order valence-electron chi connectivity index (χ3n) is 4.55. The number of rotatable bonds is 8. The van der Waals surface area contributed by atoms with Crippen LogP contribution in [0.5, 0.6) is 0 Å². The van der Waals surface area contributed by atoms with Crippen LogP contribution in [0.4, 0.5) is 17.3 Å². The second kappa shape index (κ2) is 9.49. The van der Waals surface area contributed by atoms with E-state index < -0.39 is 10.0 Å². The molecular weight excluding hydrogens is 398 g/mol. The van der Waals surface area contributed by atoms with Gasteiger partial charge in [0.1, 0.15) is 0 Å². The number of benzene rings is 2. The van der Waals surface area contributed by atoms with E-state index in [0.717, 1.165) is 18.7 Å². The summed E-state index contributed by atoms with van der Waals surface area (Å²) >= 11 is 0. The Hall–Kier alpha value is -3.26. The smallest absolute Gasteiger partial charge is 0.264 e. The Morgan fingerprint density at radius 1 is 1.00 bits per heavy atom. The molecule has 1 aromatic heterocycles. The van der Waals surface area contributed by atoms with Crippen LogP contribution in [0, 0.1) is 6.92 Å². The first-order valence-corrected chi connectivity index (χ1v) is 11.2. The molecule has 2 aromatic carbocycles. The van der Waals surface area contributed by atoms with Crippen molar-refractivity contribution in [1.29, 1.82) is 0 Å². The van der Waals surface area contributed by atoms with E-state index in [1.807, 2.05) is 12.1 Å². The Bertz CT molecular complexity index is 1110. The summed E-state index contributed by atoms with van der Waals surface area (Å²) in [4.78, 5) is 14.8. The molecule has 3 aromatic rings. The predicted octanol–water partition coefficient (Wildman–Crippen LogP) is 4.18. The van der Waals surface area contributed by atoms with Crippen molar-refractivity contribution in [2.75, 3.05) is 22.7 Å². The quantitative estimate of drug-likeness (QED) is 0.549. The Kier molecular flexibility index (Phi) is 6.79. The van der Waals surface area contributed by atoms with Crippen molar-refractivity contribution >= 4 is 33.6 Å². The van der Waals surface area contributed by atoms with Crippen LogP contribution in [-0.2, 0) is 10.0 Å². The molecule has 0 aliphatic carbocycles. The highest BCUT2D eigenvalue weighted by Gasteiger charge is 2.15. The molecule has 0 spiro atoms. The molecule has 1 N–H and O–H groups in total. The lowest BCUT2D eigenvalue weighted by Gasteiger charge is -2.20. The monoisotopic (exact) mass is 423 g/mol. The average molecular weight is 424 g/mol. The van der Waals surface area contributed by atoms with Gasteiger partial charge in [-0.1, -0.05) is 12.1 Å². The zero-order chi connectivity index (χ0) is 21.6.